The van der Waals surface area contributed by atoms with E-state index in [0.29, 0.717) is 5.89 Å². The SMILES string of the molecule is CC1(C)c2ccccc2-c2cc(N(c3ccc(-c4ccccc4)cc3)c3ccc4oc5cc6nc(-c7ccccc7)oc6cc5c4c3)ccc21. The first-order valence-electron chi connectivity index (χ1n) is 17.0. The van der Waals surface area contributed by atoms with Crippen molar-refractivity contribution < 1.29 is 8.83 Å². The summed E-state index contributed by atoms with van der Waals surface area (Å²) in [6.07, 6.45) is 0. The number of nitrogens with zero attached hydrogens (tertiary/aromatic N) is 2. The summed E-state index contributed by atoms with van der Waals surface area (Å²) < 4.78 is 12.7. The van der Waals surface area contributed by atoms with Gasteiger partial charge in [-0.15, -0.1) is 0 Å². The summed E-state index contributed by atoms with van der Waals surface area (Å²) in [5.41, 5.74) is 14.9. The third kappa shape index (κ3) is 4.42. The molecule has 0 atom stereocenters. The molecule has 1 aliphatic rings. The Balaban J connectivity index is 1.14. The van der Waals surface area contributed by atoms with Gasteiger partial charge in [0.05, 0.1) is 0 Å². The van der Waals surface area contributed by atoms with E-state index in [1.54, 1.807) is 0 Å². The Kier molecular flexibility index (Phi) is 6.19. The van der Waals surface area contributed by atoms with E-state index in [1.165, 1.54) is 33.4 Å². The lowest BCUT2D eigenvalue weighted by Crippen LogP contribution is -2.15. The maximum Gasteiger partial charge on any atom is 0.227 e. The average molecular weight is 645 g/mol. The van der Waals surface area contributed by atoms with Gasteiger partial charge in [0.15, 0.2) is 5.58 Å². The lowest BCUT2D eigenvalue weighted by Gasteiger charge is -2.27. The third-order valence-electron chi connectivity index (χ3n) is 10.3. The van der Waals surface area contributed by atoms with Crippen LogP contribution in [0.2, 0.25) is 0 Å². The van der Waals surface area contributed by atoms with Crippen molar-refractivity contribution in [2.24, 2.45) is 0 Å². The summed E-state index contributed by atoms with van der Waals surface area (Å²) in [5, 5.41) is 2.02. The molecule has 1 aliphatic carbocycles. The Morgan fingerprint density at radius 1 is 0.460 bits per heavy atom. The van der Waals surface area contributed by atoms with Gasteiger partial charge in [0.25, 0.3) is 0 Å². The second-order valence-electron chi connectivity index (χ2n) is 13.6. The van der Waals surface area contributed by atoms with Gasteiger partial charge in [0, 0.05) is 44.9 Å². The Hall–Kier alpha value is -6.39. The molecule has 9 aromatic rings. The molecule has 0 saturated carbocycles. The van der Waals surface area contributed by atoms with E-state index in [0.717, 1.165) is 55.7 Å². The summed E-state index contributed by atoms with van der Waals surface area (Å²) in [5.74, 6) is 0.602. The summed E-state index contributed by atoms with van der Waals surface area (Å²) in [7, 11) is 0. The number of rotatable bonds is 5. The van der Waals surface area contributed by atoms with Crippen LogP contribution in [0, 0.1) is 0 Å². The Bertz CT molecular complexity index is 2720. The van der Waals surface area contributed by atoms with Crippen LogP contribution in [-0.2, 0) is 5.41 Å². The highest BCUT2D eigenvalue weighted by molar-refractivity contribution is 6.10. The Morgan fingerprint density at radius 3 is 1.88 bits per heavy atom. The number of aromatic nitrogens is 1. The van der Waals surface area contributed by atoms with E-state index in [4.69, 9.17) is 13.8 Å². The number of anilines is 3. The highest BCUT2D eigenvalue weighted by Crippen LogP contribution is 2.51. The monoisotopic (exact) mass is 644 g/mol. The lowest BCUT2D eigenvalue weighted by atomic mass is 9.82. The predicted octanol–water partition coefficient (Wildman–Crippen LogP) is 12.8. The van der Waals surface area contributed by atoms with Crippen molar-refractivity contribution in [3.05, 3.63) is 169 Å². The van der Waals surface area contributed by atoms with E-state index in [9.17, 15) is 0 Å². The summed E-state index contributed by atoms with van der Waals surface area (Å²) >= 11 is 0. The predicted molar refractivity (Wildman–Crippen MR) is 204 cm³/mol. The highest BCUT2D eigenvalue weighted by Gasteiger charge is 2.35. The van der Waals surface area contributed by atoms with Gasteiger partial charge in [-0.25, -0.2) is 4.98 Å². The number of hydrogen-bond acceptors (Lipinski definition) is 4. The van der Waals surface area contributed by atoms with Crippen molar-refractivity contribution in [2.45, 2.75) is 19.3 Å². The second-order valence-corrected chi connectivity index (χ2v) is 13.6. The molecule has 4 nitrogen and oxygen atoms in total. The van der Waals surface area contributed by atoms with Crippen LogP contribution in [0.15, 0.2) is 167 Å². The lowest BCUT2D eigenvalue weighted by molar-refractivity contribution is 0.620. The van der Waals surface area contributed by atoms with Gasteiger partial charge >= 0.3 is 0 Å². The van der Waals surface area contributed by atoms with Crippen molar-refractivity contribution in [1.82, 2.24) is 4.98 Å². The highest BCUT2D eigenvalue weighted by atomic mass is 16.4. The molecule has 2 heterocycles. The number of oxazole rings is 1. The van der Waals surface area contributed by atoms with E-state index < -0.39 is 0 Å². The first-order chi connectivity index (χ1) is 24.5. The van der Waals surface area contributed by atoms with Crippen molar-refractivity contribution in [3.8, 4) is 33.7 Å². The molecule has 0 spiro atoms. The molecule has 4 heteroatoms. The van der Waals surface area contributed by atoms with Crippen LogP contribution in [0.5, 0.6) is 0 Å². The van der Waals surface area contributed by atoms with Crippen LogP contribution in [0.25, 0.3) is 66.7 Å². The quantitative estimate of drug-likeness (QED) is 0.187. The van der Waals surface area contributed by atoms with Crippen LogP contribution >= 0.6 is 0 Å². The Morgan fingerprint density at radius 2 is 1.08 bits per heavy atom. The van der Waals surface area contributed by atoms with Crippen molar-refractivity contribution in [2.75, 3.05) is 4.90 Å². The molecule has 0 saturated heterocycles. The van der Waals surface area contributed by atoms with Gasteiger partial charge in [0.2, 0.25) is 5.89 Å². The summed E-state index contributed by atoms with van der Waals surface area (Å²) in [6, 6.07) is 55.6. The molecule has 0 radical (unpaired) electrons. The van der Waals surface area contributed by atoms with Gasteiger partial charge in [-0.05, 0) is 94.0 Å². The zero-order valence-electron chi connectivity index (χ0n) is 27.7. The molecule has 50 heavy (non-hydrogen) atoms. The van der Waals surface area contributed by atoms with Crippen LogP contribution < -0.4 is 4.90 Å². The summed E-state index contributed by atoms with van der Waals surface area (Å²) in [4.78, 5) is 7.13. The largest absolute Gasteiger partial charge is 0.456 e. The molecular formula is C46H32N2O2. The molecule has 0 aliphatic heterocycles. The topological polar surface area (TPSA) is 42.4 Å². The fourth-order valence-corrected chi connectivity index (χ4v) is 7.76. The smallest absolute Gasteiger partial charge is 0.227 e. The average Bonchev–Trinajstić information content (AvgIpc) is 3.81. The molecule has 238 valence electrons. The molecule has 7 aromatic carbocycles. The molecule has 0 bridgehead atoms. The zero-order chi connectivity index (χ0) is 33.4. The first-order valence-corrected chi connectivity index (χ1v) is 17.0. The minimum Gasteiger partial charge on any atom is -0.456 e. The number of fused-ring (bicyclic) bond motifs is 7. The van der Waals surface area contributed by atoms with E-state index >= 15 is 0 Å². The normalized spacial score (nSPS) is 13.2. The molecule has 0 unspecified atom stereocenters. The fourth-order valence-electron chi connectivity index (χ4n) is 7.76. The van der Waals surface area contributed by atoms with Crippen molar-refractivity contribution in [3.63, 3.8) is 0 Å². The number of hydrogen-bond donors (Lipinski definition) is 0. The van der Waals surface area contributed by atoms with E-state index in [-0.39, 0.29) is 5.41 Å². The Labute approximate surface area is 289 Å². The molecule has 10 rings (SSSR count). The first kappa shape index (κ1) is 28.6. The van der Waals surface area contributed by atoms with Crippen LogP contribution in [0.4, 0.5) is 17.1 Å². The van der Waals surface area contributed by atoms with Gasteiger partial charge < -0.3 is 13.7 Å². The molecule has 0 fully saturated rings. The van der Waals surface area contributed by atoms with Gasteiger partial charge in [-0.2, -0.15) is 0 Å². The van der Waals surface area contributed by atoms with Crippen LogP contribution in [0.1, 0.15) is 25.0 Å². The minimum absolute atomic E-state index is 0.0618. The second kappa shape index (κ2) is 10.8. The van der Waals surface area contributed by atoms with E-state index in [1.807, 2.05) is 36.4 Å². The van der Waals surface area contributed by atoms with Crippen molar-refractivity contribution in [1.29, 1.82) is 0 Å². The molecule has 0 N–H and O–H groups in total. The fraction of sp³-hybridized carbons (Fsp3) is 0.0652. The van der Waals surface area contributed by atoms with Crippen molar-refractivity contribution >= 4 is 50.1 Å². The molecule has 0 amide bonds. The van der Waals surface area contributed by atoms with Gasteiger partial charge in [0.1, 0.15) is 16.7 Å². The minimum atomic E-state index is -0.0618. The zero-order valence-corrected chi connectivity index (χ0v) is 27.7. The third-order valence-corrected chi connectivity index (χ3v) is 10.3. The maximum atomic E-state index is 6.41. The molecular weight excluding hydrogens is 613 g/mol. The van der Waals surface area contributed by atoms with Crippen LogP contribution in [-0.4, -0.2) is 4.98 Å². The summed E-state index contributed by atoms with van der Waals surface area (Å²) in [6.45, 7) is 4.65. The van der Waals surface area contributed by atoms with Gasteiger partial charge in [-0.3, -0.25) is 0 Å². The van der Waals surface area contributed by atoms with Crippen LogP contribution in [0.3, 0.4) is 0 Å². The number of furan rings is 1. The molecule has 2 aromatic heterocycles. The van der Waals surface area contributed by atoms with E-state index in [2.05, 4.69) is 140 Å². The standard InChI is InChI=1S/C46H32N2O2/c1-46(2)39-16-10-9-15-35(39)36-25-33(21-23-40(36)46)48(32-19-17-30(18-20-32)29-11-5-3-6-12-29)34-22-24-42-37(26-34)38-27-44-41(28-43(38)49-42)47-45(50-44)31-13-7-4-8-14-31/h3-28H,1-2H3. The maximum absolute atomic E-state index is 6.41. The van der Waals surface area contributed by atoms with Gasteiger partial charge in [-0.1, -0.05) is 105 Å². The number of benzene rings is 7.